The molecule has 128 valence electrons. The van der Waals surface area contributed by atoms with E-state index in [-0.39, 0.29) is 12.5 Å². The van der Waals surface area contributed by atoms with Crippen LogP contribution in [0.2, 0.25) is 0 Å². The topological polar surface area (TPSA) is 104 Å². The Morgan fingerprint density at radius 3 is 2.76 bits per heavy atom. The fourth-order valence-corrected chi connectivity index (χ4v) is 2.16. The minimum absolute atomic E-state index is 0.0679. The van der Waals surface area contributed by atoms with Gasteiger partial charge in [0.1, 0.15) is 6.54 Å². The van der Waals surface area contributed by atoms with Crippen molar-refractivity contribution >= 4 is 11.6 Å². The minimum atomic E-state index is -0.289. The SMILES string of the molecule is COc1ccc(NC(=O)Cn2nnc(-c3cccnc3)n2)cc1OC. The third kappa shape index (κ3) is 3.89. The third-order valence-corrected chi connectivity index (χ3v) is 3.32. The molecule has 3 aromatic rings. The van der Waals surface area contributed by atoms with E-state index in [1.54, 1.807) is 43.8 Å². The van der Waals surface area contributed by atoms with Crippen molar-refractivity contribution in [2.75, 3.05) is 19.5 Å². The maximum absolute atomic E-state index is 12.2. The molecule has 2 heterocycles. The third-order valence-electron chi connectivity index (χ3n) is 3.32. The van der Waals surface area contributed by atoms with E-state index in [1.165, 1.54) is 11.9 Å². The van der Waals surface area contributed by atoms with Gasteiger partial charge in [0.2, 0.25) is 11.7 Å². The van der Waals surface area contributed by atoms with Crippen LogP contribution in [-0.4, -0.2) is 45.3 Å². The predicted octanol–water partition coefficient (Wildman–Crippen LogP) is 1.39. The van der Waals surface area contributed by atoms with Gasteiger partial charge in [-0.3, -0.25) is 9.78 Å². The van der Waals surface area contributed by atoms with E-state index in [0.29, 0.717) is 23.0 Å². The van der Waals surface area contributed by atoms with E-state index in [4.69, 9.17) is 9.47 Å². The quantitative estimate of drug-likeness (QED) is 0.723. The van der Waals surface area contributed by atoms with Gasteiger partial charge >= 0.3 is 0 Å². The summed E-state index contributed by atoms with van der Waals surface area (Å²) in [5.74, 6) is 1.23. The number of methoxy groups -OCH3 is 2. The average Bonchev–Trinajstić information content (AvgIpc) is 3.10. The number of aromatic nitrogens is 5. The van der Waals surface area contributed by atoms with Crippen molar-refractivity contribution in [2.45, 2.75) is 6.54 Å². The lowest BCUT2D eigenvalue weighted by Crippen LogP contribution is -2.20. The van der Waals surface area contributed by atoms with Gasteiger partial charge in [0.15, 0.2) is 11.5 Å². The summed E-state index contributed by atoms with van der Waals surface area (Å²) < 4.78 is 10.4. The molecule has 0 atom stereocenters. The van der Waals surface area contributed by atoms with Crippen molar-refractivity contribution in [2.24, 2.45) is 0 Å². The normalized spacial score (nSPS) is 10.3. The van der Waals surface area contributed by atoms with E-state index in [1.807, 2.05) is 6.07 Å². The number of benzene rings is 1. The van der Waals surface area contributed by atoms with Gasteiger partial charge in [0, 0.05) is 29.7 Å². The van der Waals surface area contributed by atoms with Gasteiger partial charge < -0.3 is 14.8 Å². The number of rotatable bonds is 6. The Hall–Kier alpha value is -3.49. The van der Waals surface area contributed by atoms with Crippen molar-refractivity contribution in [3.8, 4) is 22.9 Å². The molecule has 9 nitrogen and oxygen atoms in total. The lowest BCUT2D eigenvalue weighted by atomic mass is 10.2. The number of hydrogen-bond acceptors (Lipinski definition) is 7. The van der Waals surface area contributed by atoms with Crippen LogP contribution in [0.25, 0.3) is 11.4 Å². The second-order valence-electron chi connectivity index (χ2n) is 5.00. The summed E-state index contributed by atoms with van der Waals surface area (Å²) in [6, 6.07) is 8.70. The van der Waals surface area contributed by atoms with E-state index in [0.717, 1.165) is 5.56 Å². The summed E-state index contributed by atoms with van der Waals surface area (Å²) in [6.07, 6.45) is 3.29. The van der Waals surface area contributed by atoms with Crippen molar-refractivity contribution in [1.82, 2.24) is 25.2 Å². The van der Waals surface area contributed by atoms with Crippen LogP contribution in [-0.2, 0) is 11.3 Å². The van der Waals surface area contributed by atoms with Gasteiger partial charge in [0.05, 0.1) is 14.2 Å². The average molecular weight is 340 g/mol. The number of pyridine rings is 1. The molecule has 0 radical (unpaired) electrons. The van der Waals surface area contributed by atoms with Crippen LogP contribution < -0.4 is 14.8 Å². The number of tetrazole rings is 1. The van der Waals surface area contributed by atoms with Crippen LogP contribution in [0.1, 0.15) is 0 Å². The molecule has 1 N–H and O–H groups in total. The first-order valence-electron chi connectivity index (χ1n) is 7.39. The van der Waals surface area contributed by atoms with Crippen molar-refractivity contribution in [3.63, 3.8) is 0 Å². The molecule has 0 saturated heterocycles. The minimum Gasteiger partial charge on any atom is -0.493 e. The maximum atomic E-state index is 12.2. The zero-order valence-electron chi connectivity index (χ0n) is 13.7. The number of amides is 1. The fraction of sp³-hybridized carbons (Fsp3) is 0.188. The number of carbonyl (C=O) groups excluding carboxylic acids is 1. The highest BCUT2D eigenvalue weighted by Crippen LogP contribution is 2.29. The lowest BCUT2D eigenvalue weighted by Gasteiger charge is -2.10. The molecular weight excluding hydrogens is 324 g/mol. The number of ether oxygens (including phenoxy) is 2. The Labute approximate surface area is 143 Å². The molecule has 0 bridgehead atoms. The van der Waals surface area contributed by atoms with Crippen LogP contribution in [0.5, 0.6) is 11.5 Å². The van der Waals surface area contributed by atoms with Crippen molar-refractivity contribution < 1.29 is 14.3 Å². The molecule has 0 unspecified atom stereocenters. The van der Waals surface area contributed by atoms with Gasteiger partial charge in [-0.2, -0.15) is 4.80 Å². The first-order chi connectivity index (χ1) is 12.2. The summed E-state index contributed by atoms with van der Waals surface area (Å²) in [5, 5.41) is 14.7. The molecule has 0 spiro atoms. The number of nitrogens with one attached hydrogen (secondary N) is 1. The highest BCUT2D eigenvalue weighted by Gasteiger charge is 2.11. The number of anilines is 1. The first kappa shape index (κ1) is 16.4. The van der Waals surface area contributed by atoms with Crippen LogP contribution >= 0.6 is 0 Å². The summed E-state index contributed by atoms with van der Waals surface area (Å²) in [7, 11) is 3.08. The largest absolute Gasteiger partial charge is 0.493 e. The molecule has 9 heteroatoms. The highest BCUT2D eigenvalue weighted by atomic mass is 16.5. The standard InChI is InChI=1S/C16H16N6O3/c1-24-13-6-5-12(8-14(13)25-2)18-15(23)10-22-20-16(19-21-22)11-4-3-7-17-9-11/h3-9H,10H2,1-2H3,(H,18,23). The highest BCUT2D eigenvalue weighted by molar-refractivity contribution is 5.90. The van der Waals surface area contributed by atoms with Crippen LogP contribution in [0.15, 0.2) is 42.7 Å². The molecule has 0 saturated carbocycles. The molecule has 25 heavy (non-hydrogen) atoms. The predicted molar refractivity (Wildman–Crippen MR) is 89.2 cm³/mol. The summed E-state index contributed by atoms with van der Waals surface area (Å²) in [5.41, 5.74) is 1.31. The molecule has 1 aromatic carbocycles. The van der Waals surface area contributed by atoms with E-state index in [9.17, 15) is 4.79 Å². The number of nitrogens with zero attached hydrogens (tertiary/aromatic N) is 5. The zero-order chi connectivity index (χ0) is 17.6. The lowest BCUT2D eigenvalue weighted by molar-refractivity contribution is -0.117. The van der Waals surface area contributed by atoms with Crippen LogP contribution in [0, 0.1) is 0 Å². The second kappa shape index (κ2) is 7.39. The Balaban J connectivity index is 1.66. The second-order valence-corrected chi connectivity index (χ2v) is 5.00. The first-order valence-corrected chi connectivity index (χ1v) is 7.39. The monoisotopic (exact) mass is 340 g/mol. The molecule has 0 fully saturated rings. The Bertz CT molecular complexity index is 865. The summed E-state index contributed by atoms with van der Waals surface area (Å²) >= 11 is 0. The maximum Gasteiger partial charge on any atom is 0.248 e. The molecule has 0 aliphatic carbocycles. The molecular formula is C16H16N6O3. The summed E-state index contributed by atoms with van der Waals surface area (Å²) in [6.45, 7) is -0.0679. The van der Waals surface area contributed by atoms with Gasteiger partial charge in [0.25, 0.3) is 0 Å². The van der Waals surface area contributed by atoms with E-state index in [2.05, 4.69) is 25.7 Å². The van der Waals surface area contributed by atoms with Gasteiger partial charge in [-0.25, -0.2) is 0 Å². The Morgan fingerprint density at radius 1 is 1.20 bits per heavy atom. The van der Waals surface area contributed by atoms with Gasteiger partial charge in [-0.05, 0) is 29.5 Å². The molecule has 0 aliphatic rings. The van der Waals surface area contributed by atoms with Crippen molar-refractivity contribution in [3.05, 3.63) is 42.7 Å². The number of carbonyl (C=O) groups is 1. The molecule has 0 aliphatic heterocycles. The molecule has 3 rings (SSSR count). The van der Waals surface area contributed by atoms with Crippen LogP contribution in [0.4, 0.5) is 5.69 Å². The zero-order valence-corrected chi connectivity index (χ0v) is 13.7. The Kier molecular flexibility index (Phi) is 4.84. The molecule has 2 aromatic heterocycles. The number of hydrogen-bond donors (Lipinski definition) is 1. The summed E-state index contributed by atoms with van der Waals surface area (Å²) in [4.78, 5) is 17.4. The van der Waals surface area contributed by atoms with E-state index < -0.39 is 0 Å². The molecule has 1 amide bonds. The van der Waals surface area contributed by atoms with E-state index >= 15 is 0 Å². The van der Waals surface area contributed by atoms with Crippen molar-refractivity contribution in [1.29, 1.82) is 0 Å². The van der Waals surface area contributed by atoms with Crippen LogP contribution in [0.3, 0.4) is 0 Å². The van der Waals surface area contributed by atoms with Gasteiger partial charge in [-0.15, -0.1) is 10.2 Å². The smallest absolute Gasteiger partial charge is 0.248 e. The van der Waals surface area contributed by atoms with Gasteiger partial charge in [-0.1, -0.05) is 0 Å². The Morgan fingerprint density at radius 2 is 2.04 bits per heavy atom. The fourth-order valence-electron chi connectivity index (χ4n) is 2.16.